The molecule has 0 aliphatic carbocycles. The summed E-state index contributed by atoms with van der Waals surface area (Å²) in [5.74, 6) is -0.643. The van der Waals surface area contributed by atoms with E-state index in [1.165, 1.54) is 6.07 Å². The topological polar surface area (TPSA) is 52.6 Å². The number of hydrogen-bond donors (Lipinski definition) is 2. The number of aliphatic hydroxyl groups excluding tert-OH is 1. The normalized spacial score (nSPS) is 20.9. The van der Waals surface area contributed by atoms with Gasteiger partial charge >= 0.3 is 0 Å². The summed E-state index contributed by atoms with van der Waals surface area (Å²) >= 11 is 0. The molecular weight excluding hydrogens is 259 g/mol. The van der Waals surface area contributed by atoms with Crippen LogP contribution < -0.4 is 5.32 Å². The number of carbonyl (C=O) groups is 1. The molecule has 1 heterocycles. The third-order valence-electron chi connectivity index (χ3n) is 3.61. The van der Waals surface area contributed by atoms with Gasteiger partial charge in [0.25, 0.3) is 0 Å². The predicted molar refractivity (Wildman–Crippen MR) is 75.9 cm³/mol. The van der Waals surface area contributed by atoms with Crippen molar-refractivity contribution in [1.82, 2.24) is 4.90 Å². The molecule has 5 heteroatoms. The highest BCUT2D eigenvalue weighted by Gasteiger charge is 2.27. The monoisotopic (exact) mass is 280 g/mol. The second-order valence-corrected chi connectivity index (χ2v) is 5.38. The van der Waals surface area contributed by atoms with Gasteiger partial charge < -0.3 is 10.4 Å². The summed E-state index contributed by atoms with van der Waals surface area (Å²) in [7, 11) is 0. The van der Waals surface area contributed by atoms with Crippen LogP contribution in [0.4, 0.5) is 10.1 Å². The van der Waals surface area contributed by atoms with Gasteiger partial charge in [-0.3, -0.25) is 9.69 Å². The van der Waals surface area contributed by atoms with E-state index in [-0.39, 0.29) is 30.3 Å². The van der Waals surface area contributed by atoms with Crippen LogP contribution in [0.2, 0.25) is 0 Å². The molecule has 1 aliphatic heterocycles. The molecule has 110 valence electrons. The Labute approximate surface area is 118 Å². The second kappa shape index (κ2) is 6.81. The first-order chi connectivity index (χ1) is 9.56. The summed E-state index contributed by atoms with van der Waals surface area (Å²) in [6.45, 7) is 2.85. The number of benzene rings is 1. The molecule has 1 fully saturated rings. The number of halogens is 1. The van der Waals surface area contributed by atoms with E-state index in [1.54, 1.807) is 25.1 Å². The van der Waals surface area contributed by atoms with Crippen LogP contribution in [0.3, 0.4) is 0 Å². The molecular formula is C15H21FN2O2. The lowest BCUT2D eigenvalue weighted by molar-refractivity contribution is -0.117. The first kappa shape index (κ1) is 14.9. The Kier molecular flexibility index (Phi) is 5.09. The van der Waals surface area contributed by atoms with E-state index >= 15 is 0 Å². The van der Waals surface area contributed by atoms with Gasteiger partial charge in [0.05, 0.1) is 18.3 Å². The number of amides is 1. The molecule has 1 amide bonds. The Hall–Kier alpha value is -1.46. The van der Waals surface area contributed by atoms with Crippen molar-refractivity contribution < 1.29 is 14.3 Å². The van der Waals surface area contributed by atoms with E-state index < -0.39 is 5.82 Å². The number of nitrogens with one attached hydrogen (secondary N) is 1. The average molecular weight is 280 g/mol. The summed E-state index contributed by atoms with van der Waals surface area (Å²) in [5.41, 5.74) is 0.212. The molecule has 0 spiro atoms. The zero-order chi connectivity index (χ0) is 14.5. The highest BCUT2D eigenvalue weighted by Crippen LogP contribution is 2.21. The van der Waals surface area contributed by atoms with Crippen molar-refractivity contribution in [1.29, 1.82) is 0 Å². The molecule has 4 nitrogen and oxygen atoms in total. The first-order valence-corrected chi connectivity index (χ1v) is 7.02. The van der Waals surface area contributed by atoms with Gasteiger partial charge in [-0.2, -0.15) is 0 Å². The van der Waals surface area contributed by atoms with Gasteiger partial charge in [0, 0.05) is 6.04 Å². The average Bonchev–Trinajstić information content (AvgIpc) is 2.78. The van der Waals surface area contributed by atoms with Crippen LogP contribution >= 0.6 is 0 Å². The van der Waals surface area contributed by atoms with Gasteiger partial charge in [0.15, 0.2) is 0 Å². The first-order valence-electron chi connectivity index (χ1n) is 7.02. The molecule has 1 aliphatic rings. The second-order valence-electron chi connectivity index (χ2n) is 5.38. The molecule has 2 atom stereocenters. The summed E-state index contributed by atoms with van der Waals surface area (Å²) < 4.78 is 13.5. The molecule has 0 aromatic heterocycles. The molecule has 0 saturated carbocycles. The number of likely N-dealkylation sites (tertiary alicyclic amines) is 1. The van der Waals surface area contributed by atoms with E-state index in [0.717, 1.165) is 19.4 Å². The minimum absolute atomic E-state index is 0.212. The number of rotatable bonds is 5. The van der Waals surface area contributed by atoms with Crippen LogP contribution in [0.25, 0.3) is 0 Å². The van der Waals surface area contributed by atoms with Crippen molar-refractivity contribution in [2.24, 2.45) is 0 Å². The molecule has 0 radical (unpaired) electrons. The molecule has 1 saturated heterocycles. The fourth-order valence-electron chi connectivity index (χ4n) is 2.70. The fraction of sp³-hybridized carbons (Fsp3) is 0.533. The molecule has 1 aromatic carbocycles. The van der Waals surface area contributed by atoms with Crippen molar-refractivity contribution in [2.45, 2.75) is 38.3 Å². The van der Waals surface area contributed by atoms with E-state index in [9.17, 15) is 14.3 Å². The number of hydrogen-bond acceptors (Lipinski definition) is 3. The molecule has 2 unspecified atom stereocenters. The third kappa shape index (κ3) is 4.02. The maximum atomic E-state index is 13.5. The Bertz CT molecular complexity index is 465. The lowest BCUT2D eigenvalue weighted by Crippen LogP contribution is -2.38. The molecule has 0 bridgehead atoms. The summed E-state index contributed by atoms with van der Waals surface area (Å²) in [5, 5.41) is 12.1. The van der Waals surface area contributed by atoms with Crippen molar-refractivity contribution >= 4 is 11.6 Å². The maximum Gasteiger partial charge on any atom is 0.238 e. The van der Waals surface area contributed by atoms with E-state index in [2.05, 4.69) is 10.2 Å². The number of nitrogens with zero attached hydrogens (tertiary/aromatic N) is 1. The zero-order valence-corrected chi connectivity index (χ0v) is 11.7. The van der Waals surface area contributed by atoms with Crippen LogP contribution in [-0.4, -0.2) is 41.1 Å². The van der Waals surface area contributed by atoms with Crippen molar-refractivity contribution in [3.63, 3.8) is 0 Å². The summed E-state index contributed by atoms with van der Waals surface area (Å²) in [4.78, 5) is 14.0. The zero-order valence-electron chi connectivity index (χ0n) is 11.7. The summed E-state index contributed by atoms with van der Waals surface area (Å²) in [6.07, 6.45) is 2.34. The van der Waals surface area contributed by atoms with Crippen LogP contribution in [0, 0.1) is 5.82 Å². The molecule has 1 aromatic rings. The molecule has 2 N–H and O–H groups in total. The van der Waals surface area contributed by atoms with Crippen molar-refractivity contribution in [2.75, 3.05) is 18.4 Å². The maximum absolute atomic E-state index is 13.5. The Morgan fingerprint density at radius 2 is 2.30 bits per heavy atom. The van der Waals surface area contributed by atoms with E-state index in [1.807, 2.05) is 0 Å². The van der Waals surface area contributed by atoms with Crippen LogP contribution in [-0.2, 0) is 4.79 Å². The van der Waals surface area contributed by atoms with Crippen LogP contribution in [0.1, 0.15) is 26.2 Å². The number of para-hydroxylation sites is 1. The lowest BCUT2D eigenvalue weighted by atomic mass is 10.1. The number of aliphatic hydroxyl groups is 1. The third-order valence-corrected chi connectivity index (χ3v) is 3.61. The predicted octanol–water partition coefficient (Wildman–Crippen LogP) is 2.00. The van der Waals surface area contributed by atoms with Gasteiger partial charge in [-0.15, -0.1) is 0 Å². The van der Waals surface area contributed by atoms with Gasteiger partial charge in [-0.25, -0.2) is 4.39 Å². The van der Waals surface area contributed by atoms with Crippen LogP contribution in [0.5, 0.6) is 0 Å². The SMILES string of the molecule is CC(O)CC1CCCN1CC(=O)Nc1ccccc1F. The molecule has 2 rings (SSSR count). The van der Waals surface area contributed by atoms with Gasteiger partial charge in [-0.05, 0) is 44.9 Å². The number of anilines is 1. The minimum Gasteiger partial charge on any atom is -0.393 e. The van der Waals surface area contributed by atoms with Crippen molar-refractivity contribution in [3.05, 3.63) is 30.1 Å². The Morgan fingerprint density at radius 1 is 1.55 bits per heavy atom. The van der Waals surface area contributed by atoms with Crippen LogP contribution in [0.15, 0.2) is 24.3 Å². The standard InChI is InChI=1S/C15H21FN2O2/c1-11(19)9-12-5-4-8-18(12)10-15(20)17-14-7-3-2-6-13(14)16/h2-3,6-7,11-12,19H,4-5,8-10H2,1H3,(H,17,20). The molecule has 20 heavy (non-hydrogen) atoms. The fourth-order valence-corrected chi connectivity index (χ4v) is 2.70. The summed E-state index contributed by atoms with van der Waals surface area (Å²) in [6, 6.07) is 6.38. The highest BCUT2D eigenvalue weighted by atomic mass is 19.1. The smallest absolute Gasteiger partial charge is 0.238 e. The Balaban J connectivity index is 1.89. The van der Waals surface area contributed by atoms with Gasteiger partial charge in [0.1, 0.15) is 5.82 Å². The van der Waals surface area contributed by atoms with Crippen molar-refractivity contribution in [3.8, 4) is 0 Å². The lowest BCUT2D eigenvalue weighted by Gasteiger charge is -2.24. The quantitative estimate of drug-likeness (QED) is 0.867. The van der Waals surface area contributed by atoms with Gasteiger partial charge in [0.2, 0.25) is 5.91 Å². The largest absolute Gasteiger partial charge is 0.393 e. The van der Waals surface area contributed by atoms with Gasteiger partial charge in [-0.1, -0.05) is 12.1 Å². The number of carbonyl (C=O) groups excluding carboxylic acids is 1. The van der Waals surface area contributed by atoms with E-state index in [0.29, 0.717) is 6.42 Å². The van der Waals surface area contributed by atoms with E-state index in [4.69, 9.17) is 0 Å². The minimum atomic E-state index is -0.428. The Morgan fingerprint density at radius 3 is 3.00 bits per heavy atom. The highest BCUT2D eigenvalue weighted by molar-refractivity contribution is 5.92.